The molecule has 1 atom stereocenters. The number of amides is 1. The first-order chi connectivity index (χ1) is 15.0. The van der Waals surface area contributed by atoms with Crippen molar-refractivity contribution in [2.45, 2.75) is 17.1 Å². The van der Waals surface area contributed by atoms with Gasteiger partial charge in [0.25, 0.3) is 0 Å². The molecular formula is C20H18F4N4O3S. The van der Waals surface area contributed by atoms with Crippen molar-refractivity contribution in [3.05, 3.63) is 59.4 Å². The summed E-state index contributed by atoms with van der Waals surface area (Å²) in [6, 6.07) is 8.13. The van der Waals surface area contributed by atoms with E-state index in [1.165, 1.54) is 36.2 Å². The number of hydrogen-bond donors (Lipinski definition) is 1. The Labute approximate surface area is 181 Å². The van der Waals surface area contributed by atoms with Crippen LogP contribution in [0.15, 0.2) is 47.4 Å². The average molecular weight is 470 g/mol. The van der Waals surface area contributed by atoms with Gasteiger partial charge in [-0.3, -0.25) is 4.79 Å². The van der Waals surface area contributed by atoms with Gasteiger partial charge in [-0.05, 0) is 30.3 Å². The first-order valence-corrected chi connectivity index (χ1v) is 10.8. The highest BCUT2D eigenvalue weighted by atomic mass is 32.2. The van der Waals surface area contributed by atoms with Gasteiger partial charge in [0, 0.05) is 32.4 Å². The molecule has 12 heteroatoms. The fourth-order valence-corrected chi connectivity index (χ4v) is 5.01. The van der Waals surface area contributed by atoms with E-state index in [9.17, 15) is 30.8 Å². The van der Waals surface area contributed by atoms with E-state index in [2.05, 4.69) is 5.32 Å². The number of rotatable bonds is 4. The summed E-state index contributed by atoms with van der Waals surface area (Å²) in [4.78, 5) is 13.3. The standard InChI is InChI=1S/C20H18F4N4O3S/c1-26-19(29)17-12-27(32(30,31)18-5-3-2-4-16(18)21)8-9-28(17)14-7-6-13(11-25)15(10-14)20(22,23)24/h2-7,10,17H,8-9,12H2,1H3,(H,26,29). The van der Waals surface area contributed by atoms with Crippen LogP contribution in [0.25, 0.3) is 0 Å². The van der Waals surface area contributed by atoms with Crippen molar-refractivity contribution in [1.82, 2.24) is 9.62 Å². The molecule has 2 aromatic rings. The fourth-order valence-electron chi connectivity index (χ4n) is 3.51. The molecule has 0 saturated carbocycles. The third kappa shape index (κ3) is 4.39. The topological polar surface area (TPSA) is 93.5 Å². The number of sulfonamides is 1. The van der Waals surface area contributed by atoms with Gasteiger partial charge in [-0.15, -0.1) is 0 Å². The van der Waals surface area contributed by atoms with Crippen molar-refractivity contribution in [3.63, 3.8) is 0 Å². The molecular weight excluding hydrogens is 452 g/mol. The predicted octanol–water partition coefficient (Wildman–Crippen LogP) is 2.34. The summed E-state index contributed by atoms with van der Waals surface area (Å²) in [6.07, 6.45) is -4.79. The minimum absolute atomic E-state index is 0.00728. The Balaban J connectivity index is 1.99. The summed E-state index contributed by atoms with van der Waals surface area (Å²) in [5, 5.41) is 11.4. The summed E-state index contributed by atoms with van der Waals surface area (Å²) in [5.74, 6) is -1.58. The molecule has 0 aromatic heterocycles. The van der Waals surface area contributed by atoms with E-state index in [0.717, 1.165) is 28.6 Å². The summed E-state index contributed by atoms with van der Waals surface area (Å²) in [5.41, 5.74) is -1.72. The number of halogens is 4. The lowest BCUT2D eigenvalue weighted by molar-refractivity contribution is -0.137. The van der Waals surface area contributed by atoms with Crippen molar-refractivity contribution < 1.29 is 30.8 Å². The lowest BCUT2D eigenvalue weighted by Gasteiger charge is -2.41. The van der Waals surface area contributed by atoms with Crippen LogP contribution in [0.5, 0.6) is 0 Å². The van der Waals surface area contributed by atoms with Gasteiger partial charge in [0.1, 0.15) is 16.8 Å². The van der Waals surface area contributed by atoms with Crippen LogP contribution in [0.2, 0.25) is 0 Å². The molecule has 0 radical (unpaired) electrons. The summed E-state index contributed by atoms with van der Waals surface area (Å²) in [7, 11) is -2.98. The number of benzene rings is 2. The minimum Gasteiger partial charge on any atom is -0.357 e. The Bertz CT molecular complexity index is 1180. The van der Waals surface area contributed by atoms with E-state index in [1.54, 1.807) is 0 Å². The highest BCUT2D eigenvalue weighted by Gasteiger charge is 2.40. The first kappa shape index (κ1) is 23.5. The smallest absolute Gasteiger partial charge is 0.357 e. The van der Waals surface area contributed by atoms with Crippen molar-refractivity contribution in [1.29, 1.82) is 5.26 Å². The number of carbonyl (C=O) groups is 1. The van der Waals surface area contributed by atoms with Crippen LogP contribution >= 0.6 is 0 Å². The van der Waals surface area contributed by atoms with E-state index in [-0.39, 0.29) is 18.8 Å². The Morgan fingerprint density at radius 3 is 2.47 bits per heavy atom. The molecule has 7 nitrogen and oxygen atoms in total. The van der Waals surface area contributed by atoms with E-state index in [1.807, 2.05) is 0 Å². The molecule has 1 aliphatic heterocycles. The number of nitriles is 1. The van der Waals surface area contributed by atoms with Crippen LogP contribution in [0.4, 0.5) is 23.2 Å². The molecule has 2 aromatic carbocycles. The van der Waals surface area contributed by atoms with Crippen LogP contribution in [-0.4, -0.2) is 51.4 Å². The maximum absolute atomic E-state index is 14.1. The zero-order chi connectivity index (χ0) is 23.7. The molecule has 170 valence electrons. The molecule has 1 unspecified atom stereocenters. The van der Waals surface area contributed by atoms with Crippen LogP contribution in [-0.2, 0) is 21.0 Å². The van der Waals surface area contributed by atoms with Crippen molar-refractivity contribution in [3.8, 4) is 6.07 Å². The van der Waals surface area contributed by atoms with Gasteiger partial charge in [-0.2, -0.15) is 22.7 Å². The molecule has 1 aliphatic rings. The summed E-state index contributed by atoms with van der Waals surface area (Å²) in [6.45, 7) is -0.724. The minimum atomic E-state index is -4.79. The number of carbonyl (C=O) groups excluding carboxylic acids is 1. The van der Waals surface area contributed by atoms with Gasteiger partial charge in [0.05, 0.1) is 17.2 Å². The van der Waals surface area contributed by atoms with Crippen LogP contribution in [0.3, 0.4) is 0 Å². The van der Waals surface area contributed by atoms with Gasteiger partial charge in [0.2, 0.25) is 15.9 Å². The zero-order valence-electron chi connectivity index (χ0n) is 16.7. The Kier molecular flexibility index (Phi) is 6.43. The summed E-state index contributed by atoms with van der Waals surface area (Å²) < 4.78 is 81.0. The van der Waals surface area contributed by atoms with Crippen LogP contribution in [0.1, 0.15) is 11.1 Å². The van der Waals surface area contributed by atoms with Crippen molar-refractivity contribution in [2.75, 3.05) is 31.6 Å². The number of nitrogens with zero attached hydrogens (tertiary/aromatic N) is 3. The molecule has 0 aliphatic carbocycles. The second-order valence-electron chi connectivity index (χ2n) is 6.96. The first-order valence-electron chi connectivity index (χ1n) is 9.35. The zero-order valence-corrected chi connectivity index (χ0v) is 17.5. The van der Waals surface area contributed by atoms with Gasteiger partial charge in [-0.1, -0.05) is 12.1 Å². The number of nitrogens with one attached hydrogen (secondary N) is 1. The predicted molar refractivity (Wildman–Crippen MR) is 107 cm³/mol. The largest absolute Gasteiger partial charge is 0.417 e. The normalized spacial score (nSPS) is 17.6. The monoisotopic (exact) mass is 470 g/mol. The molecule has 32 heavy (non-hydrogen) atoms. The van der Waals surface area contributed by atoms with E-state index in [0.29, 0.717) is 0 Å². The fraction of sp³-hybridized carbons (Fsp3) is 0.300. The Morgan fingerprint density at radius 2 is 1.88 bits per heavy atom. The molecule has 1 saturated heterocycles. The molecule has 0 bridgehead atoms. The molecule has 1 amide bonds. The molecule has 1 heterocycles. The quantitative estimate of drug-likeness (QED) is 0.693. The van der Waals surface area contributed by atoms with E-state index < -0.39 is 56.5 Å². The van der Waals surface area contributed by atoms with Crippen molar-refractivity contribution in [2.24, 2.45) is 0 Å². The third-order valence-corrected chi connectivity index (χ3v) is 7.01. The van der Waals surface area contributed by atoms with E-state index >= 15 is 0 Å². The number of hydrogen-bond acceptors (Lipinski definition) is 5. The number of alkyl halides is 3. The molecule has 1 N–H and O–H groups in total. The third-order valence-electron chi connectivity index (χ3n) is 5.11. The van der Waals surface area contributed by atoms with Crippen LogP contribution < -0.4 is 10.2 Å². The number of piperazine rings is 1. The highest BCUT2D eigenvalue weighted by molar-refractivity contribution is 7.89. The summed E-state index contributed by atoms with van der Waals surface area (Å²) >= 11 is 0. The molecule has 3 rings (SSSR count). The SMILES string of the molecule is CNC(=O)C1CN(S(=O)(=O)c2ccccc2F)CCN1c1ccc(C#N)c(C(F)(F)F)c1. The van der Waals surface area contributed by atoms with Gasteiger partial charge in [-0.25, -0.2) is 12.8 Å². The van der Waals surface area contributed by atoms with Crippen molar-refractivity contribution >= 4 is 21.6 Å². The van der Waals surface area contributed by atoms with Gasteiger partial charge < -0.3 is 10.2 Å². The Hall–Kier alpha value is -3.17. The average Bonchev–Trinajstić information content (AvgIpc) is 2.77. The van der Waals surface area contributed by atoms with E-state index in [4.69, 9.17) is 5.26 Å². The maximum atomic E-state index is 14.1. The van der Waals surface area contributed by atoms with Crippen LogP contribution in [0, 0.1) is 17.1 Å². The van der Waals surface area contributed by atoms with Gasteiger partial charge in [0.15, 0.2) is 0 Å². The number of likely N-dealkylation sites (N-methyl/N-ethyl adjacent to an activating group) is 1. The second kappa shape index (κ2) is 8.76. The molecule has 0 spiro atoms. The second-order valence-corrected chi connectivity index (χ2v) is 8.86. The number of anilines is 1. The molecule has 1 fully saturated rings. The lowest BCUT2D eigenvalue weighted by atomic mass is 10.0. The highest BCUT2D eigenvalue weighted by Crippen LogP contribution is 2.35. The Morgan fingerprint density at radius 1 is 1.19 bits per heavy atom. The van der Waals surface area contributed by atoms with Gasteiger partial charge >= 0.3 is 6.18 Å². The maximum Gasteiger partial charge on any atom is 0.417 e. The lowest BCUT2D eigenvalue weighted by Crippen LogP contribution is -2.60.